The molecule has 2 heterocycles. The predicted molar refractivity (Wildman–Crippen MR) is 53.7 cm³/mol. The molecule has 0 aliphatic carbocycles. The number of hydrogen-bond acceptors (Lipinski definition) is 2. The van der Waals surface area contributed by atoms with Crippen molar-refractivity contribution in [3.05, 3.63) is 30.1 Å². The van der Waals surface area contributed by atoms with E-state index in [1.165, 1.54) is 0 Å². The van der Waals surface area contributed by atoms with Gasteiger partial charge in [0, 0.05) is 38.7 Å². The molecule has 1 aliphatic rings. The maximum atomic E-state index is 12.9. The van der Waals surface area contributed by atoms with Crippen LogP contribution in [0.1, 0.15) is 18.5 Å². The first-order chi connectivity index (χ1) is 7.16. The van der Waals surface area contributed by atoms with E-state index < -0.39 is 5.92 Å². The van der Waals surface area contributed by atoms with Gasteiger partial charge in [0.25, 0.3) is 5.92 Å². The monoisotopic (exact) mass is 212 g/mol. The summed E-state index contributed by atoms with van der Waals surface area (Å²) in [4.78, 5) is 6.21. The highest BCUT2D eigenvalue weighted by atomic mass is 19.3. The van der Waals surface area contributed by atoms with Gasteiger partial charge in [0.1, 0.15) is 0 Å². The highest BCUT2D eigenvalue weighted by molar-refractivity contribution is 5.03. The number of rotatable bonds is 2. The summed E-state index contributed by atoms with van der Waals surface area (Å²) in [5, 5.41) is 0. The van der Waals surface area contributed by atoms with Crippen molar-refractivity contribution in [3.8, 4) is 0 Å². The number of hydrogen-bond donors (Lipinski definition) is 0. The highest BCUT2D eigenvalue weighted by Gasteiger charge is 2.33. The van der Waals surface area contributed by atoms with E-state index in [4.69, 9.17) is 0 Å². The zero-order valence-corrected chi connectivity index (χ0v) is 8.50. The molecule has 15 heavy (non-hydrogen) atoms. The Morgan fingerprint density at radius 2 is 2.00 bits per heavy atom. The van der Waals surface area contributed by atoms with Crippen LogP contribution in [0.3, 0.4) is 0 Å². The summed E-state index contributed by atoms with van der Waals surface area (Å²) < 4.78 is 25.7. The van der Waals surface area contributed by atoms with Gasteiger partial charge in [-0.05, 0) is 12.1 Å². The number of pyridine rings is 1. The van der Waals surface area contributed by atoms with Gasteiger partial charge >= 0.3 is 0 Å². The second-order valence-electron chi connectivity index (χ2n) is 3.95. The Morgan fingerprint density at radius 1 is 1.27 bits per heavy atom. The van der Waals surface area contributed by atoms with E-state index in [-0.39, 0.29) is 12.8 Å². The molecule has 0 bridgehead atoms. The van der Waals surface area contributed by atoms with Gasteiger partial charge in [-0.25, -0.2) is 8.78 Å². The quantitative estimate of drug-likeness (QED) is 0.747. The van der Waals surface area contributed by atoms with E-state index in [2.05, 4.69) is 4.98 Å². The first-order valence-corrected chi connectivity index (χ1v) is 5.16. The van der Waals surface area contributed by atoms with Gasteiger partial charge in [0.05, 0.1) is 5.69 Å². The average Bonchev–Trinajstić information content (AvgIpc) is 2.23. The van der Waals surface area contributed by atoms with Crippen molar-refractivity contribution >= 4 is 0 Å². The number of halogens is 2. The van der Waals surface area contributed by atoms with Gasteiger partial charge in [-0.2, -0.15) is 0 Å². The summed E-state index contributed by atoms with van der Waals surface area (Å²) in [7, 11) is 0. The Morgan fingerprint density at radius 3 is 2.60 bits per heavy atom. The van der Waals surface area contributed by atoms with Crippen LogP contribution in [0, 0.1) is 0 Å². The third-order valence-corrected chi connectivity index (χ3v) is 2.70. The fraction of sp³-hybridized carbons (Fsp3) is 0.545. The molecule has 0 saturated carbocycles. The summed E-state index contributed by atoms with van der Waals surface area (Å²) >= 11 is 0. The number of alkyl halides is 2. The minimum Gasteiger partial charge on any atom is -0.297 e. The second kappa shape index (κ2) is 4.23. The maximum Gasteiger partial charge on any atom is 0.250 e. The fourth-order valence-corrected chi connectivity index (χ4v) is 1.76. The molecule has 0 spiro atoms. The van der Waals surface area contributed by atoms with Crippen molar-refractivity contribution in [3.63, 3.8) is 0 Å². The van der Waals surface area contributed by atoms with Crippen LogP contribution < -0.4 is 0 Å². The molecule has 0 unspecified atom stereocenters. The van der Waals surface area contributed by atoms with E-state index >= 15 is 0 Å². The van der Waals surface area contributed by atoms with Gasteiger partial charge in [-0.3, -0.25) is 9.88 Å². The largest absolute Gasteiger partial charge is 0.297 e. The molecule has 0 aromatic carbocycles. The smallest absolute Gasteiger partial charge is 0.250 e. The van der Waals surface area contributed by atoms with Crippen molar-refractivity contribution < 1.29 is 8.78 Å². The topological polar surface area (TPSA) is 16.1 Å². The molecular weight excluding hydrogens is 198 g/mol. The minimum atomic E-state index is -2.46. The Kier molecular flexibility index (Phi) is 2.95. The standard InChI is InChI=1S/C11H14F2N2/c12-11(13)4-7-15(8-5-11)9-10-3-1-2-6-14-10/h1-3,6H,4-5,7-9H2. The van der Waals surface area contributed by atoms with Gasteiger partial charge in [-0.15, -0.1) is 0 Å². The third kappa shape index (κ3) is 2.96. The van der Waals surface area contributed by atoms with Crippen molar-refractivity contribution in [2.75, 3.05) is 13.1 Å². The molecule has 0 N–H and O–H groups in total. The third-order valence-electron chi connectivity index (χ3n) is 2.70. The van der Waals surface area contributed by atoms with E-state index in [9.17, 15) is 8.78 Å². The first-order valence-electron chi connectivity index (χ1n) is 5.16. The molecule has 2 rings (SSSR count). The van der Waals surface area contributed by atoms with E-state index in [1.807, 2.05) is 23.1 Å². The Balaban J connectivity index is 1.88. The number of piperidine rings is 1. The van der Waals surface area contributed by atoms with E-state index in [0.717, 1.165) is 5.69 Å². The van der Waals surface area contributed by atoms with Gasteiger partial charge in [0.2, 0.25) is 0 Å². The molecule has 0 amide bonds. The molecule has 1 aromatic rings. The van der Waals surface area contributed by atoms with E-state index in [1.54, 1.807) is 6.20 Å². The SMILES string of the molecule is FC1(F)CCN(Cc2ccccn2)CC1. The lowest BCUT2D eigenvalue weighted by Crippen LogP contribution is -2.38. The summed E-state index contributed by atoms with van der Waals surface area (Å²) in [6.45, 7) is 1.60. The van der Waals surface area contributed by atoms with Crippen LogP contribution in [0.25, 0.3) is 0 Å². The Hall–Kier alpha value is -1.03. The van der Waals surface area contributed by atoms with Crippen molar-refractivity contribution in [2.45, 2.75) is 25.3 Å². The van der Waals surface area contributed by atoms with Crippen LogP contribution in [0.2, 0.25) is 0 Å². The summed E-state index contributed by atoms with van der Waals surface area (Å²) in [6, 6.07) is 5.70. The summed E-state index contributed by atoms with van der Waals surface area (Å²) in [5.41, 5.74) is 0.947. The van der Waals surface area contributed by atoms with Gasteiger partial charge < -0.3 is 0 Å². The van der Waals surface area contributed by atoms with Gasteiger partial charge in [0.15, 0.2) is 0 Å². The van der Waals surface area contributed by atoms with Gasteiger partial charge in [-0.1, -0.05) is 6.07 Å². The normalized spacial score (nSPS) is 21.5. The molecule has 4 heteroatoms. The molecule has 1 aromatic heterocycles. The molecule has 1 saturated heterocycles. The van der Waals surface area contributed by atoms with Crippen LogP contribution in [0.4, 0.5) is 8.78 Å². The van der Waals surface area contributed by atoms with E-state index in [0.29, 0.717) is 19.6 Å². The summed E-state index contributed by atoms with van der Waals surface area (Å²) in [5.74, 6) is -2.46. The minimum absolute atomic E-state index is 0.0279. The Labute approximate surface area is 87.9 Å². The van der Waals surface area contributed by atoms with Crippen LogP contribution >= 0.6 is 0 Å². The second-order valence-corrected chi connectivity index (χ2v) is 3.95. The molecular formula is C11H14F2N2. The first kappa shape index (κ1) is 10.5. The van der Waals surface area contributed by atoms with Crippen LogP contribution in [0.5, 0.6) is 0 Å². The lowest BCUT2D eigenvalue weighted by molar-refractivity contribution is -0.0568. The lowest BCUT2D eigenvalue weighted by atomic mass is 10.1. The number of likely N-dealkylation sites (tertiary alicyclic amines) is 1. The van der Waals surface area contributed by atoms with Crippen molar-refractivity contribution in [1.29, 1.82) is 0 Å². The molecule has 1 fully saturated rings. The molecule has 0 radical (unpaired) electrons. The maximum absolute atomic E-state index is 12.9. The fourth-order valence-electron chi connectivity index (χ4n) is 1.76. The van der Waals surface area contributed by atoms with Crippen LogP contribution in [0.15, 0.2) is 24.4 Å². The predicted octanol–water partition coefficient (Wildman–Crippen LogP) is 2.31. The highest BCUT2D eigenvalue weighted by Crippen LogP contribution is 2.27. The van der Waals surface area contributed by atoms with Crippen LogP contribution in [-0.2, 0) is 6.54 Å². The average molecular weight is 212 g/mol. The zero-order chi connectivity index (χ0) is 10.7. The number of nitrogens with zero attached hydrogens (tertiary/aromatic N) is 2. The number of aromatic nitrogens is 1. The van der Waals surface area contributed by atoms with Crippen LogP contribution in [-0.4, -0.2) is 28.9 Å². The molecule has 82 valence electrons. The van der Waals surface area contributed by atoms with Crippen molar-refractivity contribution in [1.82, 2.24) is 9.88 Å². The molecule has 1 aliphatic heterocycles. The molecule has 0 atom stereocenters. The molecule has 2 nitrogen and oxygen atoms in total. The lowest BCUT2D eigenvalue weighted by Gasteiger charge is -2.31. The summed E-state index contributed by atoms with van der Waals surface area (Å²) in [6.07, 6.45) is 1.67. The zero-order valence-electron chi connectivity index (χ0n) is 8.50. The van der Waals surface area contributed by atoms with Crippen molar-refractivity contribution in [2.24, 2.45) is 0 Å². The Bertz CT molecular complexity index is 304.